The average Bonchev–Trinajstić information content (AvgIpc) is 2.89. The van der Waals surface area contributed by atoms with Crippen LogP contribution in [0.4, 0.5) is 0 Å². The van der Waals surface area contributed by atoms with Crippen LogP contribution in [0.5, 0.6) is 0 Å². The summed E-state index contributed by atoms with van der Waals surface area (Å²) in [5.41, 5.74) is -6.58. The minimum atomic E-state index is -1.21. The van der Waals surface area contributed by atoms with E-state index in [0.717, 1.165) is 13.7 Å². The zero-order valence-electron chi connectivity index (χ0n) is 21.9. The molecule has 0 saturated carbocycles. The summed E-state index contributed by atoms with van der Waals surface area (Å²) in [5, 5.41) is 60.1. The van der Waals surface area contributed by atoms with Gasteiger partial charge in [0.25, 0.3) is 0 Å². The van der Waals surface area contributed by atoms with Crippen LogP contribution in [0.15, 0.2) is 14.4 Å². The van der Waals surface area contributed by atoms with Crippen molar-refractivity contribution in [3.8, 4) is 0 Å². The quantitative estimate of drug-likeness (QED) is 0.134. The second-order valence-electron chi connectivity index (χ2n) is 10.3. The van der Waals surface area contributed by atoms with E-state index in [0.29, 0.717) is 38.5 Å². The van der Waals surface area contributed by atoms with Crippen molar-refractivity contribution >= 4 is 0 Å². The third-order valence-electron chi connectivity index (χ3n) is 7.22. The molecule has 0 aliphatic rings. The third-order valence-corrected chi connectivity index (χ3v) is 7.22. The molecule has 0 aromatic carbocycles. The highest BCUT2D eigenvalue weighted by molar-refractivity contribution is 4.90. The van der Waals surface area contributed by atoms with Gasteiger partial charge < -0.3 is 30.6 Å². The standard InChI is InChI=1S/C24H45N3O9/c1-4-7-22(13-28,14-29)10-25-19(34)26(11-23(15-30,16-31)8-5-2)21(36)27(20(25)35)12-24(17-32,18-33)9-6-3/h28-33H,4-18H2,1-3H3. The van der Waals surface area contributed by atoms with Crippen LogP contribution in [0.3, 0.4) is 0 Å². The van der Waals surface area contributed by atoms with Crippen molar-refractivity contribution in [3.63, 3.8) is 0 Å². The van der Waals surface area contributed by atoms with Gasteiger partial charge in [-0.05, 0) is 19.3 Å². The first kappa shape index (κ1) is 32.2. The van der Waals surface area contributed by atoms with Gasteiger partial charge in [0.1, 0.15) is 0 Å². The summed E-state index contributed by atoms with van der Waals surface area (Å²) >= 11 is 0. The molecular weight excluding hydrogens is 474 g/mol. The lowest BCUT2D eigenvalue weighted by Crippen LogP contribution is -2.59. The highest BCUT2D eigenvalue weighted by Gasteiger charge is 2.36. The number of aromatic nitrogens is 3. The summed E-state index contributed by atoms with van der Waals surface area (Å²) in [6, 6.07) is 0. The minimum Gasteiger partial charge on any atom is -0.396 e. The van der Waals surface area contributed by atoms with Gasteiger partial charge in [-0.25, -0.2) is 28.1 Å². The Hall–Kier alpha value is -1.83. The number of aliphatic hydroxyl groups excluding tert-OH is 6. The molecule has 1 aromatic heterocycles. The van der Waals surface area contributed by atoms with Crippen LogP contribution < -0.4 is 17.1 Å². The molecule has 0 atom stereocenters. The van der Waals surface area contributed by atoms with Crippen LogP contribution in [0.25, 0.3) is 0 Å². The van der Waals surface area contributed by atoms with Crippen LogP contribution in [-0.4, -0.2) is 84.0 Å². The number of nitrogens with zero attached hydrogens (tertiary/aromatic N) is 3. The number of hydrogen-bond donors (Lipinski definition) is 6. The van der Waals surface area contributed by atoms with Crippen LogP contribution in [0.2, 0.25) is 0 Å². The van der Waals surface area contributed by atoms with E-state index in [1.807, 2.05) is 20.8 Å². The molecule has 36 heavy (non-hydrogen) atoms. The van der Waals surface area contributed by atoms with Gasteiger partial charge in [-0.15, -0.1) is 0 Å². The van der Waals surface area contributed by atoms with Crippen molar-refractivity contribution in [1.29, 1.82) is 0 Å². The summed E-state index contributed by atoms with van der Waals surface area (Å²) in [6.07, 6.45) is 2.54. The number of rotatable bonds is 18. The Morgan fingerprint density at radius 2 is 0.667 bits per heavy atom. The molecule has 1 aromatic rings. The van der Waals surface area contributed by atoms with Crippen molar-refractivity contribution in [2.24, 2.45) is 16.2 Å². The van der Waals surface area contributed by atoms with Crippen LogP contribution in [0.1, 0.15) is 59.3 Å². The fraction of sp³-hybridized carbons (Fsp3) is 0.875. The van der Waals surface area contributed by atoms with Gasteiger partial charge in [0.2, 0.25) is 0 Å². The maximum atomic E-state index is 13.5. The zero-order chi connectivity index (χ0) is 27.6. The van der Waals surface area contributed by atoms with E-state index in [9.17, 15) is 45.0 Å². The highest BCUT2D eigenvalue weighted by Crippen LogP contribution is 2.27. The Morgan fingerprint density at radius 3 is 0.806 bits per heavy atom. The van der Waals surface area contributed by atoms with E-state index < -0.39 is 73.0 Å². The maximum Gasteiger partial charge on any atom is 0.336 e. The molecule has 0 spiro atoms. The minimum absolute atomic E-state index is 0.297. The molecule has 0 amide bonds. The Kier molecular flexibility index (Phi) is 12.7. The molecule has 0 aliphatic heterocycles. The molecule has 6 N–H and O–H groups in total. The molecule has 210 valence electrons. The van der Waals surface area contributed by atoms with Gasteiger partial charge in [0.15, 0.2) is 0 Å². The molecule has 12 nitrogen and oxygen atoms in total. The molecule has 0 radical (unpaired) electrons. The summed E-state index contributed by atoms with van der Waals surface area (Å²) < 4.78 is 2.33. The Balaban J connectivity index is 3.98. The average molecular weight is 520 g/mol. The highest BCUT2D eigenvalue weighted by atomic mass is 16.3. The van der Waals surface area contributed by atoms with Crippen LogP contribution >= 0.6 is 0 Å². The SMILES string of the molecule is CCCC(CO)(CO)Cn1c(=O)n(CC(CO)(CO)CCC)c(=O)n(CC(CO)(CO)CCC)c1=O. The van der Waals surface area contributed by atoms with Crippen LogP contribution in [-0.2, 0) is 19.6 Å². The molecule has 1 rings (SSSR count). The molecule has 0 saturated heterocycles. The van der Waals surface area contributed by atoms with Gasteiger partial charge in [-0.2, -0.15) is 0 Å². The van der Waals surface area contributed by atoms with Gasteiger partial charge >= 0.3 is 17.1 Å². The maximum absolute atomic E-state index is 13.5. The van der Waals surface area contributed by atoms with Crippen molar-refractivity contribution < 1.29 is 30.6 Å². The lowest BCUT2D eigenvalue weighted by Gasteiger charge is -2.33. The summed E-state index contributed by atoms with van der Waals surface area (Å²) in [7, 11) is 0. The van der Waals surface area contributed by atoms with Gasteiger partial charge in [0, 0.05) is 35.9 Å². The Morgan fingerprint density at radius 1 is 0.472 bits per heavy atom. The molecule has 1 heterocycles. The predicted molar refractivity (Wildman–Crippen MR) is 134 cm³/mol. The predicted octanol–water partition coefficient (Wildman–Crippen LogP) is -1.51. The van der Waals surface area contributed by atoms with Crippen molar-refractivity contribution in [2.45, 2.75) is 78.9 Å². The van der Waals surface area contributed by atoms with Crippen molar-refractivity contribution in [3.05, 3.63) is 31.5 Å². The number of hydrogen-bond acceptors (Lipinski definition) is 9. The molecule has 0 bridgehead atoms. The van der Waals surface area contributed by atoms with Crippen molar-refractivity contribution in [1.82, 2.24) is 13.7 Å². The largest absolute Gasteiger partial charge is 0.396 e. The Bertz CT molecular complexity index is 816. The van der Waals surface area contributed by atoms with E-state index in [-0.39, 0.29) is 19.6 Å². The lowest BCUT2D eigenvalue weighted by molar-refractivity contribution is 0.0159. The number of aliphatic hydroxyl groups is 6. The molecule has 0 aliphatic carbocycles. The van der Waals surface area contributed by atoms with E-state index in [4.69, 9.17) is 0 Å². The van der Waals surface area contributed by atoms with Crippen LogP contribution in [0, 0.1) is 16.2 Å². The topological polar surface area (TPSA) is 187 Å². The van der Waals surface area contributed by atoms with E-state index >= 15 is 0 Å². The van der Waals surface area contributed by atoms with E-state index in [2.05, 4.69) is 0 Å². The summed E-state index contributed by atoms with van der Waals surface area (Å²) in [6.45, 7) is 1.29. The molecular formula is C24H45N3O9. The van der Waals surface area contributed by atoms with Crippen molar-refractivity contribution in [2.75, 3.05) is 39.6 Å². The summed E-state index contributed by atoms with van der Waals surface area (Å²) in [5.74, 6) is 0. The summed E-state index contributed by atoms with van der Waals surface area (Å²) in [4.78, 5) is 40.5. The monoisotopic (exact) mass is 519 g/mol. The van der Waals surface area contributed by atoms with E-state index in [1.54, 1.807) is 0 Å². The fourth-order valence-electron chi connectivity index (χ4n) is 4.85. The van der Waals surface area contributed by atoms with Gasteiger partial charge in [0.05, 0.1) is 39.6 Å². The lowest BCUT2D eigenvalue weighted by atomic mass is 9.84. The first-order valence-electron chi connectivity index (χ1n) is 12.7. The third kappa shape index (κ3) is 6.93. The Labute approximate surface area is 211 Å². The normalized spacial score (nSPS) is 12.9. The smallest absolute Gasteiger partial charge is 0.336 e. The van der Waals surface area contributed by atoms with E-state index in [1.165, 1.54) is 0 Å². The fourth-order valence-corrected chi connectivity index (χ4v) is 4.85. The first-order chi connectivity index (χ1) is 17.1. The molecule has 12 heteroatoms. The second-order valence-corrected chi connectivity index (χ2v) is 10.3. The zero-order valence-corrected chi connectivity index (χ0v) is 21.9. The molecule has 0 unspecified atom stereocenters. The van der Waals surface area contributed by atoms with Gasteiger partial charge in [-0.1, -0.05) is 40.0 Å². The van der Waals surface area contributed by atoms with Gasteiger partial charge in [-0.3, -0.25) is 0 Å². The second kappa shape index (κ2) is 14.2. The molecule has 0 fully saturated rings. The first-order valence-corrected chi connectivity index (χ1v) is 12.7.